The van der Waals surface area contributed by atoms with Crippen LogP contribution in [0.4, 0.5) is 5.82 Å². The van der Waals surface area contributed by atoms with Crippen molar-refractivity contribution < 1.29 is 4.74 Å². The Hall–Kier alpha value is -1.49. The van der Waals surface area contributed by atoms with Gasteiger partial charge < -0.3 is 15.0 Å². The lowest BCUT2D eigenvalue weighted by atomic mass is 10.0. The average Bonchev–Trinajstić information content (AvgIpc) is 2.85. The molecule has 2 aliphatic heterocycles. The van der Waals surface area contributed by atoms with Crippen LogP contribution in [0, 0.1) is 6.92 Å². The second-order valence-corrected chi connectivity index (χ2v) is 6.17. The van der Waals surface area contributed by atoms with Gasteiger partial charge >= 0.3 is 0 Å². The number of ether oxygens (including phenoxy) is 1. The summed E-state index contributed by atoms with van der Waals surface area (Å²) in [7, 11) is 2.03. The van der Waals surface area contributed by atoms with Gasteiger partial charge in [0.1, 0.15) is 11.9 Å². The summed E-state index contributed by atoms with van der Waals surface area (Å²) in [4.78, 5) is 2.45. The zero-order chi connectivity index (χ0) is 14.7. The van der Waals surface area contributed by atoms with E-state index in [2.05, 4.69) is 34.4 Å². The summed E-state index contributed by atoms with van der Waals surface area (Å²) in [6.07, 6.45) is 9.02. The van der Waals surface area contributed by atoms with Crippen molar-refractivity contribution in [3.63, 3.8) is 0 Å². The van der Waals surface area contributed by atoms with Gasteiger partial charge in [-0.25, -0.2) is 0 Å². The Bertz CT molecular complexity index is 496. The maximum absolute atomic E-state index is 5.63. The first-order chi connectivity index (χ1) is 10.2. The number of aryl methyl sites for hydroxylation is 2. The van der Waals surface area contributed by atoms with Crippen LogP contribution >= 0.6 is 0 Å². The third-order valence-electron chi connectivity index (χ3n) is 4.38. The van der Waals surface area contributed by atoms with Crippen LogP contribution in [0.25, 0.3) is 0 Å². The van der Waals surface area contributed by atoms with Gasteiger partial charge in [-0.3, -0.25) is 4.68 Å². The molecule has 5 nitrogen and oxygen atoms in total. The predicted molar refractivity (Wildman–Crippen MR) is 84.4 cm³/mol. The Kier molecular flexibility index (Phi) is 4.48. The molecule has 1 N–H and O–H groups in total. The quantitative estimate of drug-likeness (QED) is 0.921. The summed E-state index contributed by atoms with van der Waals surface area (Å²) in [5.74, 6) is 1.23. The predicted octanol–water partition coefficient (Wildman–Crippen LogP) is 1.98. The van der Waals surface area contributed by atoms with Gasteiger partial charge in [-0.2, -0.15) is 5.10 Å². The molecule has 116 valence electrons. The van der Waals surface area contributed by atoms with Gasteiger partial charge in [-0.05, 0) is 38.7 Å². The molecular formula is C16H26N4O. The maximum Gasteiger partial charge on any atom is 0.126 e. The lowest BCUT2D eigenvalue weighted by Crippen LogP contribution is -2.48. The lowest BCUT2D eigenvalue weighted by molar-refractivity contribution is 0.118. The maximum atomic E-state index is 5.63. The van der Waals surface area contributed by atoms with E-state index >= 15 is 0 Å². The fraction of sp³-hybridized carbons (Fsp3) is 0.688. The van der Waals surface area contributed by atoms with Crippen LogP contribution in [0.15, 0.2) is 18.4 Å². The summed E-state index contributed by atoms with van der Waals surface area (Å²) in [6.45, 7) is 5.19. The summed E-state index contributed by atoms with van der Waals surface area (Å²) >= 11 is 0. The van der Waals surface area contributed by atoms with Crippen molar-refractivity contribution in [2.45, 2.75) is 44.8 Å². The number of aromatic nitrogens is 2. The minimum absolute atomic E-state index is 0.337. The van der Waals surface area contributed by atoms with E-state index in [-0.39, 0.29) is 0 Å². The van der Waals surface area contributed by atoms with Gasteiger partial charge in [0.25, 0.3) is 0 Å². The third-order valence-corrected chi connectivity index (χ3v) is 4.38. The number of piperidine rings is 1. The monoisotopic (exact) mass is 290 g/mol. The minimum Gasteiger partial charge on any atom is -0.497 e. The Morgan fingerprint density at radius 2 is 2.33 bits per heavy atom. The van der Waals surface area contributed by atoms with Crippen molar-refractivity contribution in [1.82, 2.24) is 15.1 Å². The van der Waals surface area contributed by atoms with Gasteiger partial charge in [0.05, 0.1) is 12.0 Å². The molecule has 0 bridgehead atoms. The van der Waals surface area contributed by atoms with Crippen LogP contribution in [-0.4, -0.2) is 41.6 Å². The van der Waals surface area contributed by atoms with Crippen LogP contribution in [0.5, 0.6) is 0 Å². The molecule has 3 heterocycles. The van der Waals surface area contributed by atoms with Crippen molar-refractivity contribution in [3.8, 4) is 0 Å². The topological polar surface area (TPSA) is 42.3 Å². The number of allylic oxidation sites excluding steroid dienone is 1. The van der Waals surface area contributed by atoms with Crippen LogP contribution in [-0.2, 0) is 11.8 Å². The van der Waals surface area contributed by atoms with E-state index in [4.69, 9.17) is 4.74 Å². The van der Waals surface area contributed by atoms with Crippen LogP contribution in [0.2, 0.25) is 0 Å². The molecule has 0 aliphatic carbocycles. The molecule has 0 saturated carbocycles. The van der Waals surface area contributed by atoms with E-state index < -0.39 is 0 Å². The molecule has 1 aromatic rings. The largest absolute Gasteiger partial charge is 0.497 e. The van der Waals surface area contributed by atoms with Crippen molar-refractivity contribution in [1.29, 1.82) is 0 Å². The SMILES string of the molecule is Cc1cc(N2CCC[C@@H](NC[C@@H]3CCC=CO3)C2)n(C)n1. The Morgan fingerprint density at radius 1 is 1.43 bits per heavy atom. The first-order valence-corrected chi connectivity index (χ1v) is 8.02. The fourth-order valence-electron chi connectivity index (χ4n) is 3.28. The molecule has 1 saturated heterocycles. The molecule has 0 spiro atoms. The molecule has 1 aromatic heterocycles. The molecule has 0 amide bonds. The number of anilines is 1. The Labute approximate surface area is 127 Å². The molecule has 0 unspecified atom stereocenters. The Morgan fingerprint density at radius 3 is 3.05 bits per heavy atom. The number of hydrogen-bond acceptors (Lipinski definition) is 4. The molecule has 0 radical (unpaired) electrons. The van der Waals surface area contributed by atoms with Crippen LogP contribution < -0.4 is 10.2 Å². The molecule has 2 atom stereocenters. The molecule has 2 aliphatic rings. The minimum atomic E-state index is 0.337. The van der Waals surface area contributed by atoms with Gasteiger partial charge in [0, 0.05) is 38.8 Å². The second kappa shape index (κ2) is 6.52. The van der Waals surface area contributed by atoms with Crippen LogP contribution in [0.1, 0.15) is 31.4 Å². The number of rotatable bonds is 4. The van der Waals surface area contributed by atoms with E-state index in [1.807, 2.05) is 18.0 Å². The normalized spacial score (nSPS) is 25.9. The zero-order valence-electron chi connectivity index (χ0n) is 13.1. The highest BCUT2D eigenvalue weighted by molar-refractivity contribution is 5.41. The highest BCUT2D eigenvalue weighted by Gasteiger charge is 2.23. The molecular weight excluding hydrogens is 264 g/mol. The van der Waals surface area contributed by atoms with E-state index in [0.717, 1.165) is 38.2 Å². The number of hydrogen-bond donors (Lipinski definition) is 1. The van der Waals surface area contributed by atoms with Crippen molar-refractivity contribution >= 4 is 5.82 Å². The van der Waals surface area contributed by atoms with E-state index in [1.165, 1.54) is 18.7 Å². The van der Waals surface area contributed by atoms with Crippen molar-refractivity contribution in [2.24, 2.45) is 7.05 Å². The summed E-state index contributed by atoms with van der Waals surface area (Å²) in [5, 5.41) is 8.14. The van der Waals surface area contributed by atoms with Crippen LogP contribution in [0.3, 0.4) is 0 Å². The van der Waals surface area contributed by atoms with E-state index in [1.54, 1.807) is 0 Å². The van der Waals surface area contributed by atoms with Gasteiger partial charge in [-0.1, -0.05) is 0 Å². The van der Waals surface area contributed by atoms with E-state index in [9.17, 15) is 0 Å². The second-order valence-electron chi connectivity index (χ2n) is 6.17. The molecule has 0 aromatic carbocycles. The van der Waals surface area contributed by atoms with Crippen molar-refractivity contribution in [3.05, 3.63) is 24.1 Å². The van der Waals surface area contributed by atoms with Gasteiger partial charge in [0.2, 0.25) is 0 Å². The fourth-order valence-corrected chi connectivity index (χ4v) is 3.28. The highest BCUT2D eigenvalue weighted by Crippen LogP contribution is 2.20. The molecule has 1 fully saturated rings. The van der Waals surface area contributed by atoms with Gasteiger partial charge in [0.15, 0.2) is 0 Å². The summed E-state index contributed by atoms with van der Waals surface area (Å²) < 4.78 is 7.62. The Balaban J connectivity index is 1.53. The average molecular weight is 290 g/mol. The van der Waals surface area contributed by atoms with E-state index in [0.29, 0.717) is 12.1 Å². The summed E-state index contributed by atoms with van der Waals surface area (Å²) in [6, 6.07) is 2.72. The smallest absolute Gasteiger partial charge is 0.126 e. The highest BCUT2D eigenvalue weighted by atomic mass is 16.5. The first-order valence-electron chi connectivity index (χ1n) is 8.02. The molecule has 21 heavy (non-hydrogen) atoms. The molecule has 3 rings (SSSR count). The zero-order valence-corrected chi connectivity index (χ0v) is 13.1. The number of nitrogens with one attached hydrogen (secondary N) is 1. The standard InChI is InChI=1S/C16H26N4O/c1-13-10-16(19(2)18-13)20-8-5-6-14(12-20)17-11-15-7-3-4-9-21-15/h4,9-10,14-15,17H,3,5-8,11-12H2,1-2H3/t14-,15+/m1/s1. The van der Waals surface area contributed by atoms with Crippen molar-refractivity contribution in [2.75, 3.05) is 24.5 Å². The lowest BCUT2D eigenvalue weighted by Gasteiger charge is -2.35. The number of nitrogens with zero attached hydrogens (tertiary/aromatic N) is 3. The first kappa shape index (κ1) is 14.4. The van der Waals surface area contributed by atoms with Gasteiger partial charge in [-0.15, -0.1) is 0 Å². The molecule has 5 heteroatoms. The third kappa shape index (κ3) is 3.59. The summed E-state index contributed by atoms with van der Waals surface area (Å²) in [5.41, 5.74) is 1.09.